The number of aryl methyl sites for hydroxylation is 3. The number of hydrogen-bond donors (Lipinski definition) is 2. The Kier molecular flexibility index (Phi) is 6.21. The van der Waals surface area contributed by atoms with Crippen LogP contribution in [0.1, 0.15) is 29.2 Å². The van der Waals surface area contributed by atoms with Gasteiger partial charge in [-0.3, -0.25) is 5.43 Å². The third kappa shape index (κ3) is 4.46. The molecule has 28 heavy (non-hydrogen) atoms. The van der Waals surface area contributed by atoms with Crippen molar-refractivity contribution in [1.29, 1.82) is 0 Å². The lowest BCUT2D eigenvalue weighted by atomic mass is 9.98. The Balaban J connectivity index is 1.77. The van der Waals surface area contributed by atoms with Gasteiger partial charge in [-0.25, -0.2) is 4.98 Å². The molecule has 5 nitrogen and oxygen atoms in total. The number of hydrogen-bond acceptors (Lipinski definition) is 6. The van der Waals surface area contributed by atoms with E-state index in [1.165, 1.54) is 28.0 Å². The van der Waals surface area contributed by atoms with Gasteiger partial charge in [0.1, 0.15) is 0 Å². The molecule has 7 heteroatoms. The van der Waals surface area contributed by atoms with Crippen LogP contribution in [-0.2, 0) is 0 Å². The summed E-state index contributed by atoms with van der Waals surface area (Å²) in [6, 6.07) is 7.63. The number of nitrogens with zero attached hydrogens (tertiary/aromatic N) is 2. The third-order valence-electron chi connectivity index (χ3n) is 4.16. The fourth-order valence-electron chi connectivity index (χ4n) is 3.12. The maximum absolute atomic E-state index is 9.90. The molecule has 0 radical (unpaired) electrons. The maximum Gasteiger partial charge on any atom is 0.203 e. The quantitative estimate of drug-likeness (QED) is 0.386. The lowest BCUT2D eigenvalue weighted by molar-refractivity contribution is 0.318. The molecule has 0 saturated heterocycles. The number of anilines is 1. The van der Waals surface area contributed by atoms with Gasteiger partial charge in [0.15, 0.2) is 11.5 Å². The summed E-state index contributed by atoms with van der Waals surface area (Å²) in [6.07, 6.45) is 1.61. The molecule has 0 aliphatic rings. The van der Waals surface area contributed by atoms with Crippen molar-refractivity contribution in [3.05, 3.63) is 56.9 Å². The van der Waals surface area contributed by atoms with Crippen molar-refractivity contribution in [2.45, 2.75) is 27.7 Å². The summed E-state index contributed by atoms with van der Waals surface area (Å²) < 4.78 is 5.38. The first-order valence-corrected chi connectivity index (χ1v) is 10.1. The zero-order valence-corrected chi connectivity index (χ0v) is 17.8. The van der Waals surface area contributed by atoms with Crippen LogP contribution >= 0.6 is 22.9 Å². The van der Waals surface area contributed by atoms with E-state index in [2.05, 4.69) is 48.4 Å². The number of benzene rings is 2. The minimum absolute atomic E-state index is 0.0676. The van der Waals surface area contributed by atoms with Gasteiger partial charge in [-0.2, -0.15) is 5.10 Å². The van der Waals surface area contributed by atoms with Gasteiger partial charge in [-0.1, -0.05) is 29.3 Å². The number of rotatable bonds is 6. The number of ether oxygens (including phenoxy) is 1. The zero-order valence-electron chi connectivity index (χ0n) is 16.2. The maximum atomic E-state index is 9.90. The van der Waals surface area contributed by atoms with Crippen LogP contribution in [0.3, 0.4) is 0 Å². The molecule has 2 aromatic carbocycles. The highest BCUT2D eigenvalue weighted by atomic mass is 35.5. The summed E-state index contributed by atoms with van der Waals surface area (Å²) >= 11 is 7.53. The monoisotopic (exact) mass is 415 g/mol. The Morgan fingerprint density at radius 2 is 1.93 bits per heavy atom. The molecule has 0 unspecified atom stereocenters. The van der Waals surface area contributed by atoms with Crippen LogP contribution < -0.4 is 10.2 Å². The molecule has 1 aromatic heterocycles. The lowest BCUT2D eigenvalue weighted by Crippen LogP contribution is -1.95. The predicted octanol–water partition coefficient (Wildman–Crippen LogP) is 5.94. The van der Waals surface area contributed by atoms with Gasteiger partial charge in [0.25, 0.3) is 0 Å². The average molecular weight is 416 g/mol. The van der Waals surface area contributed by atoms with Gasteiger partial charge in [0, 0.05) is 10.9 Å². The second kappa shape index (κ2) is 8.63. The molecule has 0 amide bonds. The lowest BCUT2D eigenvalue weighted by Gasteiger charge is -2.08. The number of thiazole rings is 1. The van der Waals surface area contributed by atoms with Gasteiger partial charge in [-0.15, -0.1) is 11.3 Å². The Morgan fingerprint density at radius 1 is 1.21 bits per heavy atom. The second-order valence-electron chi connectivity index (χ2n) is 6.46. The zero-order chi connectivity index (χ0) is 20.3. The molecule has 0 atom stereocenters. The normalized spacial score (nSPS) is 11.2. The number of aromatic hydroxyl groups is 1. The summed E-state index contributed by atoms with van der Waals surface area (Å²) in [7, 11) is 0. The largest absolute Gasteiger partial charge is 0.503 e. The first-order valence-electron chi connectivity index (χ1n) is 8.87. The first-order chi connectivity index (χ1) is 13.4. The number of halogens is 1. The molecule has 0 bridgehead atoms. The highest BCUT2D eigenvalue weighted by Crippen LogP contribution is 2.35. The van der Waals surface area contributed by atoms with Crippen molar-refractivity contribution < 1.29 is 9.84 Å². The SMILES string of the molecule is CCOc1cc(/C=N\Nc2nc(-c3c(C)cc(C)cc3C)cs2)cc(Cl)c1O. The summed E-state index contributed by atoms with van der Waals surface area (Å²) in [4.78, 5) is 4.64. The molecule has 0 aliphatic carbocycles. The molecule has 0 saturated carbocycles. The highest BCUT2D eigenvalue weighted by Gasteiger charge is 2.11. The average Bonchev–Trinajstić information content (AvgIpc) is 3.07. The van der Waals surface area contributed by atoms with Gasteiger partial charge >= 0.3 is 0 Å². The van der Waals surface area contributed by atoms with E-state index in [1.807, 2.05) is 12.3 Å². The second-order valence-corrected chi connectivity index (χ2v) is 7.73. The van der Waals surface area contributed by atoms with Crippen molar-refractivity contribution in [3.8, 4) is 22.8 Å². The fourth-order valence-corrected chi connectivity index (χ4v) is 3.99. The standard InChI is InChI=1S/C21H22ClN3O2S/c1-5-27-18-9-15(8-16(22)20(18)26)10-23-25-21-24-17(11-28-21)19-13(3)6-12(2)7-14(19)4/h6-11,26H,5H2,1-4H3,(H,24,25)/b23-10-. The van der Waals surface area contributed by atoms with Crippen LogP contribution in [0.25, 0.3) is 11.3 Å². The van der Waals surface area contributed by atoms with Crippen LogP contribution in [0, 0.1) is 20.8 Å². The van der Waals surface area contributed by atoms with E-state index < -0.39 is 0 Å². The molecule has 3 rings (SSSR count). The summed E-state index contributed by atoms with van der Waals surface area (Å²) in [5, 5.41) is 17.1. The Labute approximate surface area is 173 Å². The van der Waals surface area contributed by atoms with E-state index >= 15 is 0 Å². The summed E-state index contributed by atoms with van der Waals surface area (Å²) in [5.41, 5.74) is 9.41. The number of nitrogens with one attached hydrogen (secondary N) is 1. The predicted molar refractivity (Wildman–Crippen MR) is 117 cm³/mol. The molecule has 3 aromatic rings. The van der Waals surface area contributed by atoms with Crippen LogP contribution in [0.15, 0.2) is 34.7 Å². The van der Waals surface area contributed by atoms with Gasteiger partial charge in [0.05, 0.1) is 23.5 Å². The number of hydrazone groups is 1. The number of phenols is 1. The van der Waals surface area contributed by atoms with Crippen molar-refractivity contribution in [2.24, 2.45) is 5.10 Å². The van der Waals surface area contributed by atoms with E-state index in [0.717, 1.165) is 11.3 Å². The van der Waals surface area contributed by atoms with E-state index in [-0.39, 0.29) is 10.8 Å². The molecule has 0 spiro atoms. The van der Waals surface area contributed by atoms with Crippen LogP contribution in [-0.4, -0.2) is 22.9 Å². The van der Waals surface area contributed by atoms with Crippen LogP contribution in [0.5, 0.6) is 11.5 Å². The molecular formula is C21H22ClN3O2S. The van der Waals surface area contributed by atoms with E-state index in [9.17, 15) is 5.11 Å². The van der Waals surface area contributed by atoms with E-state index in [4.69, 9.17) is 16.3 Å². The Hall–Kier alpha value is -2.57. The Bertz CT molecular complexity index is 1010. The van der Waals surface area contributed by atoms with Crippen LogP contribution in [0.4, 0.5) is 5.13 Å². The van der Waals surface area contributed by atoms with Crippen molar-refractivity contribution >= 4 is 34.3 Å². The third-order valence-corrected chi connectivity index (χ3v) is 5.20. The molecule has 1 heterocycles. The van der Waals surface area contributed by atoms with Crippen molar-refractivity contribution in [1.82, 2.24) is 4.98 Å². The van der Waals surface area contributed by atoms with Crippen LogP contribution in [0.2, 0.25) is 5.02 Å². The van der Waals surface area contributed by atoms with Gasteiger partial charge in [0.2, 0.25) is 5.13 Å². The van der Waals surface area contributed by atoms with Crippen molar-refractivity contribution in [2.75, 3.05) is 12.0 Å². The fraction of sp³-hybridized carbons (Fsp3) is 0.238. The smallest absolute Gasteiger partial charge is 0.203 e. The van der Waals surface area contributed by atoms with E-state index in [0.29, 0.717) is 23.1 Å². The molecular weight excluding hydrogens is 394 g/mol. The Morgan fingerprint density at radius 3 is 2.61 bits per heavy atom. The minimum atomic E-state index is -0.0676. The molecule has 0 aliphatic heterocycles. The van der Waals surface area contributed by atoms with Gasteiger partial charge in [-0.05, 0) is 56.5 Å². The topological polar surface area (TPSA) is 66.7 Å². The highest BCUT2D eigenvalue weighted by molar-refractivity contribution is 7.14. The number of aromatic nitrogens is 1. The molecule has 0 fully saturated rings. The summed E-state index contributed by atoms with van der Waals surface area (Å²) in [5.74, 6) is 0.264. The minimum Gasteiger partial charge on any atom is -0.503 e. The van der Waals surface area contributed by atoms with E-state index in [1.54, 1.807) is 18.3 Å². The number of phenolic OH excluding ortho intramolecular Hbond substituents is 1. The first kappa shape index (κ1) is 20.2. The van der Waals surface area contributed by atoms with Crippen molar-refractivity contribution in [3.63, 3.8) is 0 Å². The molecule has 2 N–H and O–H groups in total. The van der Waals surface area contributed by atoms with Gasteiger partial charge < -0.3 is 9.84 Å². The summed E-state index contributed by atoms with van der Waals surface area (Å²) in [6.45, 7) is 8.57. The molecule has 146 valence electrons.